The van der Waals surface area contributed by atoms with Crippen LogP contribution in [0.2, 0.25) is 0 Å². The minimum atomic E-state index is -3.30. The minimum absolute atomic E-state index is 0.107. The lowest BCUT2D eigenvalue weighted by Gasteiger charge is -2.40. The lowest BCUT2D eigenvalue weighted by Crippen LogP contribution is -2.53. The van der Waals surface area contributed by atoms with Crippen molar-refractivity contribution in [1.29, 1.82) is 0 Å². The summed E-state index contributed by atoms with van der Waals surface area (Å²) in [6.45, 7) is 3.97. The third-order valence-corrected chi connectivity index (χ3v) is 6.74. The quantitative estimate of drug-likeness (QED) is 0.629. The van der Waals surface area contributed by atoms with E-state index in [-0.39, 0.29) is 29.4 Å². The highest BCUT2D eigenvalue weighted by Gasteiger charge is 2.33. The maximum absolute atomic E-state index is 13.1. The van der Waals surface area contributed by atoms with Gasteiger partial charge in [0.25, 0.3) is 0 Å². The maximum atomic E-state index is 13.1. The molecule has 3 aromatic rings. The van der Waals surface area contributed by atoms with Gasteiger partial charge in [-0.1, -0.05) is 18.2 Å². The number of carbonyl (C=O) groups excluding carboxylic acids is 2. The van der Waals surface area contributed by atoms with Gasteiger partial charge in [-0.05, 0) is 54.4 Å². The molecule has 0 fully saturated rings. The molecule has 2 heterocycles. The van der Waals surface area contributed by atoms with Gasteiger partial charge in [-0.2, -0.15) is 0 Å². The zero-order valence-electron chi connectivity index (χ0n) is 18.6. The van der Waals surface area contributed by atoms with E-state index < -0.39 is 9.84 Å². The minimum Gasteiger partial charge on any atom is -0.467 e. The van der Waals surface area contributed by atoms with Crippen LogP contribution in [0.25, 0.3) is 11.1 Å². The maximum Gasteiger partial charge on any atom is 0.322 e. The van der Waals surface area contributed by atoms with Gasteiger partial charge >= 0.3 is 6.03 Å². The summed E-state index contributed by atoms with van der Waals surface area (Å²) in [5.74, 6) is 0.531. The van der Waals surface area contributed by atoms with Gasteiger partial charge in [-0.25, -0.2) is 13.2 Å². The lowest BCUT2D eigenvalue weighted by atomic mass is 10.0. The van der Waals surface area contributed by atoms with Crippen molar-refractivity contribution in [2.24, 2.45) is 0 Å². The van der Waals surface area contributed by atoms with E-state index in [1.54, 1.807) is 52.5 Å². The molecular formula is C24H25N3O5S. The molecule has 1 aliphatic rings. The van der Waals surface area contributed by atoms with Crippen LogP contribution in [0.5, 0.6) is 0 Å². The monoisotopic (exact) mass is 467 g/mol. The van der Waals surface area contributed by atoms with Crippen molar-refractivity contribution in [1.82, 2.24) is 5.32 Å². The molecule has 0 radical (unpaired) electrons. The van der Waals surface area contributed by atoms with Gasteiger partial charge in [0.05, 0.1) is 35.1 Å². The number of benzene rings is 2. The summed E-state index contributed by atoms with van der Waals surface area (Å²) in [4.78, 5) is 29.0. The molecule has 1 N–H and O–H groups in total. The van der Waals surface area contributed by atoms with Crippen LogP contribution >= 0.6 is 0 Å². The van der Waals surface area contributed by atoms with Crippen molar-refractivity contribution in [3.63, 3.8) is 0 Å². The number of urea groups is 1. The fraction of sp³-hybridized carbons (Fsp3) is 0.250. The van der Waals surface area contributed by atoms with E-state index in [2.05, 4.69) is 5.32 Å². The molecule has 0 saturated heterocycles. The molecule has 9 heteroatoms. The Morgan fingerprint density at radius 1 is 1.06 bits per heavy atom. The molecule has 1 aliphatic heterocycles. The Balaban J connectivity index is 1.70. The summed E-state index contributed by atoms with van der Waals surface area (Å²) >= 11 is 0. The average Bonchev–Trinajstić information content (AvgIpc) is 3.29. The predicted molar refractivity (Wildman–Crippen MR) is 126 cm³/mol. The second-order valence-electron chi connectivity index (χ2n) is 8.09. The molecular weight excluding hydrogens is 442 g/mol. The molecule has 1 atom stereocenters. The highest BCUT2D eigenvalue weighted by Crippen LogP contribution is 2.39. The molecule has 1 unspecified atom stereocenters. The van der Waals surface area contributed by atoms with Gasteiger partial charge in [-0.3, -0.25) is 9.69 Å². The third kappa shape index (κ3) is 4.63. The first-order valence-corrected chi connectivity index (χ1v) is 12.4. The molecule has 0 bridgehead atoms. The number of hydrogen-bond donors (Lipinski definition) is 1. The molecule has 172 valence electrons. The first-order chi connectivity index (χ1) is 15.6. The number of amides is 3. The molecule has 8 nitrogen and oxygen atoms in total. The van der Waals surface area contributed by atoms with Crippen molar-refractivity contribution in [3.8, 4) is 11.1 Å². The fourth-order valence-corrected chi connectivity index (χ4v) is 4.67. The molecule has 0 aliphatic carbocycles. The van der Waals surface area contributed by atoms with Crippen LogP contribution in [0.1, 0.15) is 19.6 Å². The summed E-state index contributed by atoms with van der Waals surface area (Å²) < 4.78 is 28.8. The zero-order chi connectivity index (χ0) is 23.8. The summed E-state index contributed by atoms with van der Waals surface area (Å²) in [5.41, 5.74) is 2.85. The van der Waals surface area contributed by atoms with Crippen molar-refractivity contribution >= 4 is 33.2 Å². The standard InChI is InChI=1S/C24H25N3O5S/c1-16-15-26(24(29)25-14-20-5-4-12-32-20)23-13-19(8-11-22(23)27(16)17(2)28)18-6-9-21(10-7-18)33(3,30)31/h4-13,16H,14-15H2,1-3H3,(H,25,29). The summed E-state index contributed by atoms with van der Waals surface area (Å²) in [5, 5.41) is 2.87. The van der Waals surface area contributed by atoms with Gasteiger partial charge in [0.1, 0.15) is 5.76 Å². The summed E-state index contributed by atoms with van der Waals surface area (Å²) in [7, 11) is -3.30. The van der Waals surface area contributed by atoms with E-state index in [9.17, 15) is 18.0 Å². The molecule has 1 aromatic heterocycles. The number of nitrogens with zero attached hydrogens (tertiary/aromatic N) is 2. The van der Waals surface area contributed by atoms with E-state index in [0.29, 0.717) is 23.7 Å². The number of carbonyl (C=O) groups is 2. The molecule has 0 saturated carbocycles. The highest BCUT2D eigenvalue weighted by molar-refractivity contribution is 7.90. The van der Waals surface area contributed by atoms with Crippen molar-refractivity contribution in [2.45, 2.75) is 31.3 Å². The molecule has 0 spiro atoms. The topological polar surface area (TPSA) is 99.9 Å². The average molecular weight is 468 g/mol. The van der Waals surface area contributed by atoms with Crippen molar-refractivity contribution in [3.05, 3.63) is 66.6 Å². The van der Waals surface area contributed by atoms with Crippen LogP contribution in [-0.2, 0) is 21.2 Å². The number of rotatable bonds is 4. The summed E-state index contributed by atoms with van der Waals surface area (Å²) in [6, 6.07) is 15.1. The van der Waals surface area contributed by atoms with Crippen LogP contribution in [0, 0.1) is 0 Å². The Hall–Kier alpha value is -3.59. The SMILES string of the molecule is CC(=O)N1c2ccc(-c3ccc(S(C)(=O)=O)cc3)cc2N(C(=O)NCc2ccco2)CC1C. The second-order valence-corrected chi connectivity index (χ2v) is 10.1. The number of hydrogen-bond acceptors (Lipinski definition) is 5. The number of anilines is 2. The Morgan fingerprint density at radius 2 is 1.76 bits per heavy atom. The number of nitrogens with one attached hydrogen (secondary N) is 1. The largest absolute Gasteiger partial charge is 0.467 e. The van der Waals surface area contributed by atoms with E-state index in [0.717, 1.165) is 17.4 Å². The second kappa shape index (κ2) is 8.74. The zero-order valence-corrected chi connectivity index (χ0v) is 19.4. The Morgan fingerprint density at radius 3 is 2.36 bits per heavy atom. The van der Waals surface area contributed by atoms with Gasteiger partial charge < -0.3 is 14.6 Å². The van der Waals surface area contributed by atoms with Crippen LogP contribution in [0.3, 0.4) is 0 Å². The number of fused-ring (bicyclic) bond motifs is 1. The van der Waals surface area contributed by atoms with Crippen molar-refractivity contribution < 1.29 is 22.4 Å². The Bertz CT molecular complexity index is 1280. The van der Waals surface area contributed by atoms with E-state index in [1.807, 2.05) is 25.1 Å². The van der Waals surface area contributed by atoms with E-state index in [1.165, 1.54) is 6.92 Å². The number of sulfone groups is 1. The first-order valence-electron chi connectivity index (χ1n) is 10.5. The normalized spacial score (nSPS) is 15.8. The smallest absolute Gasteiger partial charge is 0.322 e. The first kappa shape index (κ1) is 22.6. The lowest BCUT2D eigenvalue weighted by molar-refractivity contribution is -0.117. The van der Waals surface area contributed by atoms with Crippen LogP contribution in [0.4, 0.5) is 16.2 Å². The Kier molecular flexibility index (Phi) is 5.99. The van der Waals surface area contributed by atoms with E-state index >= 15 is 0 Å². The van der Waals surface area contributed by atoms with Gasteiger partial charge in [0.2, 0.25) is 5.91 Å². The molecule has 33 heavy (non-hydrogen) atoms. The molecule has 2 aromatic carbocycles. The van der Waals surface area contributed by atoms with Crippen LogP contribution in [-0.4, -0.2) is 39.2 Å². The van der Waals surface area contributed by atoms with Crippen molar-refractivity contribution in [2.75, 3.05) is 22.6 Å². The Labute approximate surface area is 192 Å². The van der Waals surface area contributed by atoms with Gasteiger partial charge in [0.15, 0.2) is 9.84 Å². The fourth-order valence-electron chi connectivity index (χ4n) is 4.04. The van der Waals surface area contributed by atoms with Crippen LogP contribution in [0.15, 0.2) is 70.2 Å². The van der Waals surface area contributed by atoms with Gasteiger partial charge in [0, 0.05) is 19.7 Å². The molecule has 4 rings (SSSR count). The predicted octanol–water partition coefficient (Wildman–Crippen LogP) is 3.82. The highest BCUT2D eigenvalue weighted by atomic mass is 32.2. The van der Waals surface area contributed by atoms with Crippen LogP contribution < -0.4 is 15.1 Å². The van der Waals surface area contributed by atoms with E-state index in [4.69, 9.17) is 4.42 Å². The molecule has 3 amide bonds. The summed E-state index contributed by atoms with van der Waals surface area (Å²) in [6.07, 6.45) is 2.71. The third-order valence-electron chi connectivity index (χ3n) is 5.61. The van der Waals surface area contributed by atoms with Gasteiger partial charge in [-0.15, -0.1) is 0 Å². The number of furan rings is 1.